The minimum atomic E-state index is -0.839. The van der Waals surface area contributed by atoms with E-state index in [1.54, 1.807) is 20.4 Å². The molecule has 0 amide bonds. The molecule has 0 heterocycles. The monoisotopic (exact) mass is 451 g/mol. The smallest absolute Gasteiger partial charge is 0.0433 e. The maximum atomic E-state index is 4.54. The van der Waals surface area contributed by atoms with Gasteiger partial charge in [0.2, 0.25) is 0 Å². The first-order chi connectivity index (χ1) is 11.3. The maximum absolute atomic E-state index is 4.54. The first kappa shape index (κ1) is 32.2. The zero-order valence-corrected chi connectivity index (χ0v) is 21.7. The summed E-state index contributed by atoms with van der Waals surface area (Å²) < 4.78 is 9.58. The largest absolute Gasteiger partial charge is 0.385 e. The molecule has 0 unspecified atom stereocenters. The van der Waals surface area contributed by atoms with E-state index in [4.69, 9.17) is 0 Å². The van der Waals surface area contributed by atoms with Crippen molar-refractivity contribution in [2.75, 3.05) is 13.7 Å². The summed E-state index contributed by atoms with van der Waals surface area (Å²) in [6, 6.07) is 0. The third-order valence-corrected chi connectivity index (χ3v) is 12.0. The van der Waals surface area contributed by atoms with Crippen LogP contribution in [0.1, 0.15) is 93.9 Å². The Kier molecular flexibility index (Phi) is 38.0. The van der Waals surface area contributed by atoms with E-state index >= 15 is 0 Å². The van der Waals surface area contributed by atoms with Crippen LogP contribution in [0.25, 0.3) is 0 Å². The molecule has 0 aromatic rings. The summed E-state index contributed by atoms with van der Waals surface area (Å²) in [5.74, 6) is 0. The van der Waals surface area contributed by atoms with Crippen molar-refractivity contribution >= 4 is 19.8 Å². The van der Waals surface area contributed by atoms with Gasteiger partial charge in [-0.25, -0.2) is 0 Å². The van der Waals surface area contributed by atoms with Crippen LogP contribution in [-0.4, -0.2) is 33.5 Å². The van der Waals surface area contributed by atoms with Gasteiger partial charge in [-0.05, 0) is 12.3 Å². The molecule has 0 aliphatic rings. The fraction of sp³-hybridized carbons (Fsp3) is 0.909. The topological polar surface area (TPSA) is 9.23 Å². The summed E-state index contributed by atoms with van der Waals surface area (Å²) in [5, 5.41) is 0. The van der Waals surface area contributed by atoms with Gasteiger partial charge >= 0.3 is 92.4 Å². The van der Waals surface area contributed by atoms with Crippen molar-refractivity contribution in [2.45, 2.75) is 107 Å². The third kappa shape index (κ3) is 57.1. The van der Waals surface area contributed by atoms with E-state index in [1.165, 1.54) is 38.5 Å². The second-order valence-electron chi connectivity index (χ2n) is 7.64. The van der Waals surface area contributed by atoms with Crippen molar-refractivity contribution in [2.24, 2.45) is 5.41 Å². The van der Waals surface area contributed by atoms with Gasteiger partial charge in [0, 0.05) is 13.7 Å². The number of hydrogen-bond donors (Lipinski definition) is 0. The summed E-state index contributed by atoms with van der Waals surface area (Å²) >= 11 is -0.839. The summed E-state index contributed by atoms with van der Waals surface area (Å²) in [5.41, 5.74) is 0.500. The molecule has 0 aromatic heterocycles. The van der Waals surface area contributed by atoms with E-state index in [1.807, 2.05) is 6.92 Å². The van der Waals surface area contributed by atoms with Crippen LogP contribution in [-0.2, 0) is 4.74 Å². The number of rotatable bonds is 10. The Morgan fingerprint density at radius 3 is 1.04 bits per heavy atom. The van der Waals surface area contributed by atoms with Gasteiger partial charge in [-0.3, -0.25) is 0 Å². The van der Waals surface area contributed by atoms with Crippen LogP contribution in [0, 0.1) is 5.41 Å². The zero-order chi connectivity index (χ0) is 19.9. The number of ether oxygens (including phenoxy) is 1. The first-order valence-electron chi connectivity index (χ1n) is 10.1. The van der Waals surface area contributed by atoms with Crippen LogP contribution in [0.2, 0.25) is 13.3 Å². The minimum absolute atomic E-state index is 0.500. The van der Waals surface area contributed by atoms with Gasteiger partial charge in [0.05, 0.1) is 0 Å². The SMILES string of the molecule is C=C.CC(C)(C)C.CCC[CH2][Sn]([CH2]CCC)[CH2]CCC.CCOC. The predicted octanol–water partition coefficient (Wildman–Crippen LogP) is 8.39. The fourth-order valence-corrected chi connectivity index (χ4v) is 11.1. The molecule has 0 bridgehead atoms. The molecule has 0 N–H and O–H groups in total. The summed E-state index contributed by atoms with van der Waals surface area (Å²) in [6.45, 7) is 24.5. The number of methoxy groups -OCH3 is 1. The molecule has 0 atom stereocenters. The van der Waals surface area contributed by atoms with Crippen LogP contribution >= 0.6 is 0 Å². The molecule has 1 radical (unpaired) electrons. The molecule has 0 rings (SSSR count). The van der Waals surface area contributed by atoms with Crippen molar-refractivity contribution in [3.05, 3.63) is 13.2 Å². The van der Waals surface area contributed by atoms with E-state index in [2.05, 4.69) is 66.4 Å². The van der Waals surface area contributed by atoms with Crippen molar-refractivity contribution < 1.29 is 4.74 Å². The fourth-order valence-electron chi connectivity index (χ4n) is 1.66. The molecule has 0 aromatic carbocycles. The summed E-state index contributed by atoms with van der Waals surface area (Å²) in [7, 11) is 1.68. The zero-order valence-electron chi connectivity index (χ0n) is 18.9. The van der Waals surface area contributed by atoms with Crippen molar-refractivity contribution in [1.29, 1.82) is 0 Å². The average Bonchev–Trinajstić information content (AvgIpc) is 2.54. The van der Waals surface area contributed by atoms with Crippen LogP contribution in [0.4, 0.5) is 0 Å². The Bertz CT molecular complexity index is 160. The molecule has 2 heteroatoms. The minimum Gasteiger partial charge on any atom is -0.385 e. The van der Waals surface area contributed by atoms with Crippen LogP contribution in [0.3, 0.4) is 0 Å². The predicted molar refractivity (Wildman–Crippen MR) is 119 cm³/mol. The quantitative estimate of drug-likeness (QED) is 0.240. The van der Waals surface area contributed by atoms with Crippen molar-refractivity contribution in [3.8, 4) is 0 Å². The van der Waals surface area contributed by atoms with Gasteiger partial charge in [-0.15, -0.1) is 13.2 Å². The van der Waals surface area contributed by atoms with Crippen LogP contribution in [0.5, 0.6) is 0 Å². The van der Waals surface area contributed by atoms with Gasteiger partial charge in [-0.2, -0.15) is 0 Å². The van der Waals surface area contributed by atoms with Crippen LogP contribution in [0.15, 0.2) is 13.2 Å². The van der Waals surface area contributed by atoms with Crippen molar-refractivity contribution in [1.82, 2.24) is 0 Å². The Morgan fingerprint density at radius 1 is 0.708 bits per heavy atom. The maximum Gasteiger partial charge on any atom is 0.0433 e. The first-order valence-corrected chi connectivity index (χ1v) is 16.1. The Hall–Kier alpha value is 0.499. The molecule has 0 saturated heterocycles. The summed E-state index contributed by atoms with van der Waals surface area (Å²) in [6.07, 6.45) is 8.85. The van der Waals surface area contributed by atoms with Gasteiger partial charge in [-0.1, -0.05) is 27.7 Å². The third-order valence-electron chi connectivity index (χ3n) is 2.94. The molecular weight excluding hydrogens is 399 g/mol. The van der Waals surface area contributed by atoms with E-state index in [-0.39, 0.29) is 0 Å². The molecule has 0 saturated carbocycles. The Morgan fingerprint density at radius 2 is 0.917 bits per heavy atom. The van der Waals surface area contributed by atoms with Gasteiger partial charge in [0.25, 0.3) is 0 Å². The van der Waals surface area contributed by atoms with Gasteiger partial charge in [0.1, 0.15) is 0 Å². The average molecular weight is 450 g/mol. The number of unbranched alkanes of at least 4 members (excludes halogenated alkanes) is 3. The number of hydrogen-bond acceptors (Lipinski definition) is 1. The molecule has 1 nitrogen and oxygen atoms in total. The second kappa shape index (κ2) is 28.3. The van der Waals surface area contributed by atoms with E-state index < -0.39 is 19.8 Å². The van der Waals surface area contributed by atoms with Gasteiger partial charge < -0.3 is 4.74 Å². The van der Waals surface area contributed by atoms with Crippen molar-refractivity contribution in [3.63, 3.8) is 0 Å². The van der Waals surface area contributed by atoms with E-state index in [0.29, 0.717) is 5.41 Å². The molecule has 0 aliphatic heterocycles. The molecule has 24 heavy (non-hydrogen) atoms. The van der Waals surface area contributed by atoms with E-state index in [0.717, 1.165) is 6.61 Å². The van der Waals surface area contributed by atoms with Crippen LogP contribution < -0.4 is 0 Å². The Labute approximate surface area is 163 Å². The van der Waals surface area contributed by atoms with Gasteiger partial charge in [0.15, 0.2) is 0 Å². The molecule has 0 fully saturated rings. The molecular formula is C22H51OSn. The standard InChI is InChI=1S/C5H12.3C4H9.C3H8O.C2H4.Sn/c1-5(2,3)4;4*1-3-4-2;1-2;/h1-4H3;3*1,3-4H2,2H3;3H2,1-2H3;1-2H2;. The Balaban J connectivity index is -0.000000150. The molecule has 149 valence electrons. The second-order valence-corrected chi connectivity index (χ2v) is 16.2. The summed E-state index contributed by atoms with van der Waals surface area (Å²) in [4.78, 5) is 0. The normalized spacial score (nSPS) is 9.92. The molecule has 0 spiro atoms. The molecule has 0 aliphatic carbocycles. The van der Waals surface area contributed by atoms with E-state index in [9.17, 15) is 0 Å².